The zero-order chi connectivity index (χ0) is 49.7. The summed E-state index contributed by atoms with van der Waals surface area (Å²) in [5.41, 5.74) is -0.166. The number of carbonyl (C=O) groups excluding carboxylic acids is 6. The fraction of sp³-hybridized carbons (Fsp3) is 0.640. The first-order chi connectivity index (χ1) is 32.3. The molecular formula is C50H76N6O11S. The number of amides is 6. The van der Waals surface area contributed by atoms with Gasteiger partial charge in [0.2, 0.25) is 5.91 Å². The standard InChI is InChI=1S/C50H76N6O11S/c1-9-11-26-63-46(61)48(3,4)33-67-50(7,8)21-23-52-43(59)31-65-38-28-35(34-16-18-37(19-17-34)64-30-42(58)51-22-20-49(5,6)66-10-2)27-36(29-38)45(60)54-25-24-53-41(57)15-13-12-14-40-44-39(32-68-40)55-47(62)56-44/h16-19,27-29,39-40,44H,9-15,20-26,30-33H2,1-8H3,(H,51,58)(H,52,59)(H,53,57)(H,54,60)(H2,55,56,62)/t39-,40-,44-/m0/s1. The largest absolute Gasteiger partial charge is 0.484 e. The van der Waals surface area contributed by atoms with Crippen LogP contribution in [-0.4, -0.2) is 129 Å². The van der Waals surface area contributed by atoms with E-state index in [2.05, 4.69) is 31.9 Å². The number of urea groups is 1. The fourth-order valence-corrected chi connectivity index (χ4v) is 8.99. The van der Waals surface area contributed by atoms with E-state index < -0.39 is 16.9 Å². The number of rotatable bonds is 31. The van der Waals surface area contributed by atoms with Crippen molar-refractivity contribution in [3.8, 4) is 22.6 Å². The molecule has 2 aliphatic rings. The van der Waals surface area contributed by atoms with Crippen molar-refractivity contribution in [1.82, 2.24) is 31.9 Å². The zero-order valence-electron chi connectivity index (χ0n) is 41.4. The number of hydrogen-bond donors (Lipinski definition) is 6. The van der Waals surface area contributed by atoms with Crippen LogP contribution in [0.3, 0.4) is 0 Å². The molecule has 2 fully saturated rings. The molecule has 2 aromatic carbocycles. The minimum Gasteiger partial charge on any atom is -0.484 e. The van der Waals surface area contributed by atoms with Crippen molar-refractivity contribution in [2.24, 2.45) is 5.41 Å². The number of unbranched alkanes of at least 4 members (excludes halogenated alkanes) is 2. The van der Waals surface area contributed by atoms with E-state index in [-0.39, 0.29) is 91.6 Å². The molecule has 3 atom stereocenters. The van der Waals surface area contributed by atoms with E-state index in [0.717, 1.165) is 43.4 Å². The summed E-state index contributed by atoms with van der Waals surface area (Å²) in [5, 5.41) is 17.7. The molecule has 0 radical (unpaired) electrons. The Morgan fingerprint density at radius 2 is 1.34 bits per heavy atom. The van der Waals surface area contributed by atoms with E-state index >= 15 is 0 Å². The molecule has 4 rings (SSSR count). The predicted octanol–water partition coefficient (Wildman–Crippen LogP) is 5.68. The van der Waals surface area contributed by atoms with E-state index in [1.54, 1.807) is 56.3 Å². The van der Waals surface area contributed by atoms with Crippen LogP contribution < -0.4 is 41.4 Å². The number of hydrogen-bond acceptors (Lipinski definition) is 12. The quantitative estimate of drug-likeness (QED) is 0.0306. The number of fused-ring (bicyclic) bond motifs is 1. The van der Waals surface area contributed by atoms with Crippen molar-refractivity contribution < 1.29 is 52.5 Å². The molecule has 0 spiro atoms. The van der Waals surface area contributed by atoms with Crippen LogP contribution in [0.5, 0.6) is 11.5 Å². The molecule has 2 heterocycles. The van der Waals surface area contributed by atoms with Crippen LogP contribution in [0.25, 0.3) is 11.1 Å². The Labute approximate surface area is 406 Å². The molecule has 6 amide bonds. The lowest BCUT2D eigenvalue weighted by Gasteiger charge is -2.30. The summed E-state index contributed by atoms with van der Waals surface area (Å²) in [4.78, 5) is 75.8. The molecule has 0 saturated carbocycles. The molecule has 68 heavy (non-hydrogen) atoms. The number of benzene rings is 2. The van der Waals surface area contributed by atoms with E-state index in [0.29, 0.717) is 62.1 Å². The predicted molar refractivity (Wildman–Crippen MR) is 263 cm³/mol. The Kier molecular flexibility index (Phi) is 22.2. The average Bonchev–Trinajstić information content (AvgIpc) is 3.86. The normalized spacial score (nSPS) is 16.8. The summed E-state index contributed by atoms with van der Waals surface area (Å²) >= 11 is 1.85. The second-order valence-corrected chi connectivity index (χ2v) is 20.4. The van der Waals surface area contributed by atoms with Gasteiger partial charge >= 0.3 is 12.0 Å². The van der Waals surface area contributed by atoms with Gasteiger partial charge in [-0.1, -0.05) is 31.9 Å². The Morgan fingerprint density at radius 1 is 0.706 bits per heavy atom. The summed E-state index contributed by atoms with van der Waals surface area (Å²) in [6.45, 7) is 17.1. The maximum absolute atomic E-state index is 13.5. The minimum absolute atomic E-state index is 0.0996. The maximum atomic E-state index is 13.5. The van der Waals surface area contributed by atoms with Gasteiger partial charge in [0, 0.05) is 55.8 Å². The molecule has 2 saturated heterocycles. The maximum Gasteiger partial charge on any atom is 0.315 e. The smallest absolute Gasteiger partial charge is 0.315 e. The molecule has 0 bridgehead atoms. The molecule has 0 aliphatic carbocycles. The summed E-state index contributed by atoms with van der Waals surface area (Å²) in [6, 6.07) is 12.3. The fourth-order valence-electron chi connectivity index (χ4n) is 7.45. The lowest BCUT2D eigenvalue weighted by molar-refractivity contribution is -0.161. The highest BCUT2D eigenvalue weighted by molar-refractivity contribution is 8.00. The van der Waals surface area contributed by atoms with Crippen LogP contribution in [0, 0.1) is 5.41 Å². The van der Waals surface area contributed by atoms with E-state index in [9.17, 15) is 28.8 Å². The third kappa shape index (κ3) is 19.5. The second kappa shape index (κ2) is 27.2. The van der Waals surface area contributed by atoms with Crippen LogP contribution in [0.15, 0.2) is 42.5 Å². The third-order valence-corrected chi connectivity index (χ3v) is 13.2. The van der Waals surface area contributed by atoms with Crippen LogP contribution in [0.2, 0.25) is 0 Å². The Balaban J connectivity index is 1.29. The summed E-state index contributed by atoms with van der Waals surface area (Å²) < 4.78 is 28.9. The van der Waals surface area contributed by atoms with Crippen molar-refractivity contribution in [2.45, 2.75) is 135 Å². The van der Waals surface area contributed by atoms with E-state index in [1.807, 2.05) is 53.3 Å². The van der Waals surface area contributed by atoms with Crippen molar-refractivity contribution in [3.63, 3.8) is 0 Å². The lowest BCUT2D eigenvalue weighted by Crippen LogP contribution is -2.39. The van der Waals surface area contributed by atoms with Gasteiger partial charge < -0.3 is 55.6 Å². The minimum atomic E-state index is -0.825. The first-order valence-electron chi connectivity index (χ1n) is 24.0. The van der Waals surface area contributed by atoms with Crippen LogP contribution in [0.1, 0.15) is 117 Å². The molecule has 2 aliphatic heterocycles. The van der Waals surface area contributed by atoms with Gasteiger partial charge in [-0.3, -0.25) is 24.0 Å². The van der Waals surface area contributed by atoms with E-state index in [4.69, 9.17) is 23.7 Å². The van der Waals surface area contributed by atoms with Crippen molar-refractivity contribution in [1.29, 1.82) is 0 Å². The Hall–Kier alpha value is -5.07. The van der Waals surface area contributed by atoms with Crippen molar-refractivity contribution in [3.05, 3.63) is 48.0 Å². The van der Waals surface area contributed by atoms with Crippen LogP contribution >= 0.6 is 11.8 Å². The lowest BCUT2D eigenvalue weighted by atomic mass is 9.94. The number of nitrogens with one attached hydrogen (secondary N) is 6. The number of esters is 1. The molecule has 6 N–H and O–H groups in total. The number of thioether (sulfide) groups is 1. The van der Waals surface area contributed by atoms with Crippen LogP contribution in [-0.2, 0) is 33.4 Å². The highest BCUT2D eigenvalue weighted by atomic mass is 32.2. The Bertz CT molecular complexity index is 1980. The van der Waals surface area contributed by atoms with Gasteiger partial charge in [0.05, 0.1) is 41.9 Å². The van der Waals surface area contributed by atoms with Gasteiger partial charge in [-0.15, -0.1) is 0 Å². The zero-order valence-corrected chi connectivity index (χ0v) is 42.2. The third-order valence-electron chi connectivity index (χ3n) is 11.7. The van der Waals surface area contributed by atoms with Gasteiger partial charge in [0.25, 0.3) is 17.7 Å². The molecule has 0 aromatic heterocycles. The molecule has 17 nitrogen and oxygen atoms in total. The number of ether oxygens (including phenoxy) is 5. The van der Waals surface area contributed by atoms with E-state index in [1.165, 1.54) is 0 Å². The van der Waals surface area contributed by atoms with Gasteiger partial charge in [-0.2, -0.15) is 11.8 Å². The second-order valence-electron chi connectivity index (χ2n) is 19.1. The highest BCUT2D eigenvalue weighted by Crippen LogP contribution is 2.33. The molecular weight excluding hydrogens is 893 g/mol. The molecule has 378 valence electrons. The first kappa shape index (κ1) is 55.5. The summed E-state index contributed by atoms with van der Waals surface area (Å²) in [7, 11) is 0. The summed E-state index contributed by atoms with van der Waals surface area (Å²) in [6.07, 6.45) is 5.74. The highest BCUT2D eigenvalue weighted by Gasteiger charge is 2.42. The first-order valence-corrected chi connectivity index (χ1v) is 25.1. The molecule has 0 unspecified atom stereocenters. The topological polar surface area (TPSA) is 221 Å². The average molecular weight is 969 g/mol. The number of carbonyl (C=O) groups is 6. The molecule has 18 heteroatoms. The van der Waals surface area contributed by atoms with Crippen molar-refractivity contribution in [2.75, 3.05) is 65.0 Å². The SMILES string of the molecule is CCCCOC(=O)C(C)(C)COC(C)(C)CCNC(=O)COc1cc(C(=O)NCCNC(=O)CCCC[C@@H]2SC[C@@H]3NC(=O)N[C@@H]32)cc(-c2ccc(OCC(=O)NCCC(C)(C)OCC)cc2)c1. The van der Waals surface area contributed by atoms with Crippen molar-refractivity contribution >= 4 is 47.4 Å². The molecule has 2 aromatic rings. The van der Waals surface area contributed by atoms with Gasteiger partial charge in [-0.05, 0) is 122 Å². The summed E-state index contributed by atoms with van der Waals surface area (Å²) in [5.74, 6) is 0.228. The van der Waals surface area contributed by atoms with Gasteiger partial charge in [0.1, 0.15) is 11.5 Å². The van der Waals surface area contributed by atoms with Gasteiger partial charge in [0.15, 0.2) is 13.2 Å². The Morgan fingerprint density at radius 3 is 2.00 bits per heavy atom. The van der Waals surface area contributed by atoms with Gasteiger partial charge in [-0.25, -0.2) is 4.79 Å². The van der Waals surface area contributed by atoms with Crippen LogP contribution in [0.4, 0.5) is 4.79 Å². The monoisotopic (exact) mass is 969 g/mol.